The average molecular weight is 377 g/mol. The number of aromatic nitrogens is 1. The van der Waals surface area contributed by atoms with E-state index in [1.807, 2.05) is 24.3 Å². The molecule has 26 heavy (non-hydrogen) atoms. The molecule has 6 nitrogen and oxygen atoms in total. The van der Waals surface area contributed by atoms with Gasteiger partial charge in [0.1, 0.15) is 10.8 Å². The molecule has 0 aliphatic heterocycles. The summed E-state index contributed by atoms with van der Waals surface area (Å²) in [5, 5.41) is 8.72. The van der Waals surface area contributed by atoms with Gasteiger partial charge in [-0.3, -0.25) is 4.90 Å². The SMILES string of the molecule is CCN(CC)Cc1csc(CNC(=O)NCCc2ccccc2OC)n1. The summed E-state index contributed by atoms with van der Waals surface area (Å²) in [4.78, 5) is 18.9. The maximum Gasteiger partial charge on any atom is 0.315 e. The zero-order valence-electron chi connectivity index (χ0n) is 15.7. The van der Waals surface area contributed by atoms with Crippen LogP contribution in [0.3, 0.4) is 0 Å². The number of benzene rings is 1. The summed E-state index contributed by atoms with van der Waals surface area (Å²) in [5.74, 6) is 0.846. The smallest absolute Gasteiger partial charge is 0.315 e. The molecule has 0 aliphatic carbocycles. The fraction of sp³-hybridized carbons (Fsp3) is 0.474. The fourth-order valence-electron chi connectivity index (χ4n) is 2.62. The van der Waals surface area contributed by atoms with E-state index in [1.54, 1.807) is 18.4 Å². The van der Waals surface area contributed by atoms with Crippen molar-refractivity contribution in [3.05, 3.63) is 45.9 Å². The van der Waals surface area contributed by atoms with E-state index in [9.17, 15) is 4.79 Å². The number of ether oxygens (including phenoxy) is 1. The number of urea groups is 1. The van der Waals surface area contributed by atoms with Crippen LogP contribution in [0.1, 0.15) is 30.1 Å². The molecule has 0 bridgehead atoms. The summed E-state index contributed by atoms with van der Waals surface area (Å²) in [7, 11) is 1.65. The molecule has 2 amide bonds. The van der Waals surface area contributed by atoms with E-state index in [4.69, 9.17) is 4.74 Å². The number of amides is 2. The Morgan fingerprint density at radius 1 is 1.23 bits per heavy atom. The van der Waals surface area contributed by atoms with Crippen LogP contribution in [0.15, 0.2) is 29.6 Å². The molecule has 0 radical (unpaired) electrons. The van der Waals surface area contributed by atoms with Gasteiger partial charge in [-0.1, -0.05) is 32.0 Å². The fourth-order valence-corrected chi connectivity index (χ4v) is 3.34. The third-order valence-corrected chi connectivity index (χ3v) is 5.05. The van der Waals surface area contributed by atoms with Gasteiger partial charge in [0.05, 0.1) is 19.3 Å². The van der Waals surface area contributed by atoms with E-state index in [-0.39, 0.29) is 6.03 Å². The quantitative estimate of drug-likeness (QED) is 0.669. The Morgan fingerprint density at radius 3 is 2.73 bits per heavy atom. The van der Waals surface area contributed by atoms with Crippen molar-refractivity contribution in [1.29, 1.82) is 0 Å². The zero-order valence-corrected chi connectivity index (χ0v) is 16.6. The Kier molecular flexibility index (Phi) is 8.37. The molecule has 2 aromatic rings. The normalized spacial score (nSPS) is 10.8. The summed E-state index contributed by atoms with van der Waals surface area (Å²) < 4.78 is 5.32. The van der Waals surface area contributed by atoms with Crippen LogP contribution < -0.4 is 15.4 Å². The van der Waals surface area contributed by atoms with Crippen molar-refractivity contribution in [2.24, 2.45) is 0 Å². The first-order chi connectivity index (χ1) is 12.7. The Morgan fingerprint density at radius 2 is 2.00 bits per heavy atom. The first-order valence-corrected chi connectivity index (χ1v) is 9.83. The highest BCUT2D eigenvalue weighted by atomic mass is 32.1. The lowest BCUT2D eigenvalue weighted by Crippen LogP contribution is -2.36. The predicted molar refractivity (Wildman–Crippen MR) is 106 cm³/mol. The van der Waals surface area contributed by atoms with Crippen LogP contribution in [-0.4, -0.2) is 42.7 Å². The van der Waals surface area contributed by atoms with Gasteiger partial charge in [-0.05, 0) is 31.1 Å². The van der Waals surface area contributed by atoms with Crippen LogP contribution in [0.25, 0.3) is 0 Å². The maximum atomic E-state index is 12.0. The molecule has 1 heterocycles. The monoisotopic (exact) mass is 376 g/mol. The van der Waals surface area contributed by atoms with E-state index >= 15 is 0 Å². The lowest BCUT2D eigenvalue weighted by molar-refractivity contribution is 0.240. The van der Waals surface area contributed by atoms with Crippen LogP contribution in [0.4, 0.5) is 4.79 Å². The maximum absolute atomic E-state index is 12.0. The Balaban J connectivity index is 1.71. The molecule has 2 rings (SSSR count). The first-order valence-electron chi connectivity index (χ1n) is 8.95. The highest BCUT2D eigenvalue weighted by Gasteiger charge is 2.08. The Bertz CT molecular complexity index is 686. The number of carbonyl (C=O) groups excluding carboxylic acids is 1. The van der Waals surface area contributed by atoms with Gasteiger partial charge < -0.3 is 15.4 Å². The van der Waals surface area contributed by atoms with Crippen molar-refractivity contribution in [1.82, 2.24) is 20.5 Å². The summed E-state index contributed by atoms with van der Waals surface area (Å²) in [6.45, 7) is 8.17. The van der Waals surface area contributed by atoms with Gasteiger partial charge in [-0.15, -0.1) is 11.3 Å². The number of nitrogens with one attached hydrogen (secondary N) is 2. The van der Waals surface area contributed by atoms with Crippen molar-refractivity contribution in [3.63, 3.8) is 0 Å². The van der Waals surface area contributed by atoms with E-state index < -0.39 is 0 Å². The van der Waals surface area contributed by atoms with Gasteiger partial charge >= 0.3 is 6.03 Å². The van der Waals surface area contributed by atoms with Gasteiger partial charge in [0.2, 0.25) is 0 Å². The van der Waals surface area contributed by atoms with Crippen LogP contribution in [0, 0.1) is 0 Å². The van der Waals surface area contributed by atoms with Crippen molar-refractivity contribution < 1.29 is 9.53 Å². The lowest BCUT2D eigenvalue weighted by atomic mass is 10.1. The minimum Gasteiger partial charge on any atom is -0.496 e. The standard InChI is InChI=1S/C19H28N4O2S/c1-4-23(5-2)13-16-14-26-18(22-16)12-21-19(24)20-11-10-15-8-6-7-9-17(15)25-3/h6-9,14H,4-5,10-13H2,1-3H3,(H2,20,21,24). The average Bonchev–Trinajstić information content (AvgIpc) is 3.12. The molecule has 1 aromatic carbocycles. The molecular weight excluding hydrogens is 348 g/mol. The third kappa shape index (κ3) is 6.31. The number of para-hydroxylation sites is 1. The van der Waals surface area contributed by atoms with Crippen LogP contribution >= 0.6 is 11.3 Å². The number of carbonyl (C=O) groups is 1. The second-order valence-electron chi connectivity index (χ2n) is 5.87. The zero-order chi connectivity index (χ0) is 18.8. The van der Waals surface area contributed by atoms with Gasteiger partial charge in [-0.2, -0.15) is 0 Å². The molecule has 2 N–H and O–H groups in total. The molecule has 0 spiro atoms. The Hall–Kier alpha value is -2.12. The van der Waals surface area contributed by atoms with Gasteiger partial charge in [-0.25, -0.2) is 9.78 Å². The number of methoxy groups -OCH3 is 1. The summed E-state index contributed by atoms with van der Waals surface area (Å²) >= 11 is 1.58. The molecule has 0 saturated carbocycles. The minimum atomic E-state index is -0.180. The number of rotatable bonds is 10. The van der Waals surface area contributed by atoms with Crippen LogP contribution in [0.2, 0.25) is 0 Å². The molecule has 7 heteroatoms. The van der Waals surface area contributed by atoms with E-state index in [0.29, 0.717) is 13.1 Å². The second kappa shape index (κ2) is 10.8. The largest absolute Gasteiger partial charge is 0.496 e. The minimum absolute atomic E-state index is 0.180. The number of hydrogen-bond acceptors (Lipinski definition) is 5. The van der Waals surface area contributed by atoms with Crippen molar-refractivity contribution in [2.75, 3.05) is 26.7 Å². The molecule has 1 aromatic heterocycles. The topological polar surface area (TPSA) is 66.5 Å². The number of hydrogen-bond donors (Lipinski definition) is 2. The van der Waals surface area contributed by atoms with Crippen molar-refractivity contribution in [2.45, 2.75) is 33.4 Å². The van der Waals surface area contributed by atoms with E-state index in [0.717, 1.165) is 48.1 Å². The van der Waals surface area contributed by atoms with Gasteiger partial charge in [0.25, 0.3) is 0 Å². The number of nitrogens with zero attached hydrogens (tertiary/aromatic N) is 2. The molecule has 0 aliphatic rings. The Labute approximate surface area is 159 Å². The second-order valence-corrected chi connectivity index (χ2v) is 6.81. The highest BCUT2D eigenvalue weighted by molar-refractivity contribution is 7.09. The van der Waals surface area contributed by atoms with Gasteiger partial charge in [0.15, 0.2) is 0 Å². The third-order valence-electron chi connectivity index (χ3n) is 4.15. The molecule has 0 fully saturated rings. The van der Waals surface area contributed by atoms with Crippen LogP contribution in [0.5, 0.6) is 5.75 Å². The summed E-state index contributed by atoms with van der Waals surface area (Å²) in [6.07, 6.45) is 0.725. The number of thiazole rings is 1. The molecule has 0 unspecified atom stereocenters. The molecule has 0 saturated heterocycles. The summed E-state index contributed by atoms with van der Waals surface area (Å²) in [6, 6.07) is 7.65. The highest BCUT2D eigenvalue weighted by Crippen LogP contribution is 2.17. The molecule has 142 valence electrons. The van der Waals surface area contributed by atoms with Gasteiger partial charge in [0, 0.05) is 18.5 Å². The molecule has 0 atom stereocenters. The van der Waals surface area contributed by atoms with E-state index in [1.165, 1.54) is 0 Å². The van der Waals surface area contributed by atoms with E-state index in [2.05, 4.69) is 39.7 Å². The lowest BCUT2D eigenvalue weighted by Gasteiger charge is -2.15. The first kappa shape index (κ1) is 20.2. The van der Waals surface area contributed by atoms with Crippen molar-refractivity contribution >= 4 is 17.4 Å². The predicted octanol–water partition coefficient (Wildman–Crippen LogP) is 3.04. The summed E-state index contributed by atoms with van der Waals surface area (Å²) in [5.41, 5.74) is 2.14. The molecular formula is C19H28N4O2S. The van der Waals surface area contributed by atoms with Crippen molar-refractivity contribution in [3.8, 4) is 5.75 Å². The van der Waals surface area contributed by atoms with Crippen LogP contribution in [-0.2, 0) is 19.5 Å².